The van der Waals surface area contributed by atoms with Gasteiger partial charge in [-0.15, -0.1) is 0 Å². The van der Waals surface area contributed by atoms with Crippen molar-refractivity contribution in [3.8, 4) is 11.5 Å². The molecule has 2 aliphatic heterocycles. The third kappa shape index (κ3) is 5.07. The summed E-state index contributed by atoms with van der Waals surface area (Å²) in [5.41, 5.74) is 0.864. The Bertz CT molecular complexity index is 1020. The Labute approximate surface area is 185 Å². The maximum absolute atomic E-state index is 13.3. The number of ether oxygens (including phenoxy) is 2. The number of fused-ring (bicyclic) bond motifs is 1. The standard InChI is InChI=1S/C24H25FN2O5/c25-18-5-3-6-19(14-18)31-15-21(28)17-8-9-22-20(13-17)27(24(30)16-32-22)12-4-7-23(29)26-10-1-2-11-26/h3,5-6,8-9,13-14H,1-2,4,7,10-12,15-16H2. The van der Waals surface area contributed by atoms with Gasteiger partial charge in [0.2, 0.25) is 5.91 Å². The fourth-order valence-electron chi connectivity index (χ4n) is 3.92. The lowest BCUT2D eigenvalue weighted by Crippen LogP contribution is -2.40. The highest BCUT2D eigenvalue weighted by Gasteiger charge is 2.27. The monoisotopic (exact) mass is 440 g/mol. The Morgan fingerprint density at radius 2 is 1.91 bits per heavy atom. The van der Waals surface area contributed by atoms with Crippen molar-refractivity contribution in [2.45, 2.75) is 25.7 Å². The van der Waals surface area contributed by atoms with Crippen LogP contribution in [0.5, 0.6) is 11.5 Å². The SMILES string of the molecule is O=C(COc1cccc(F)c1)c1ccc2c(c1)N(CCCC(=O)N1CCCC1)C(=O)CO2. The number of Topliss-reactive ketones (excluding diaryl/α,β-unsaturated/α-hetero) is 1. The molecule has 0 spiro atoms. The number of hydrogen-bond donors (Lipinski definition) is 0. The lowest BCUT2D eigenvalue weighted by molar-refractivity contribution is -0.130. The number of anilines is 1. The van der Waals surface area contributed by atoms with Crippen LogP contribution in [0.2, 0.25) is 0 Å². The van der Waals surface area contributed by atoms with E-state index in [1.54, 1.807) is 29.2 Å². The fraction of sp³-hybridized carbons (Fsp3) is 0.375. The van der Waals surface area contributed by atoms with Gasteiger partial charge in [0.1, 0.15) is 17.3 Å². The van der Waals surface area contributed by atoms with Crippen molar-refractivity contribution >= 4 is 23.3 Å². The van der Waals surface area contributed by atoms with E-state index in [4.69, 9.17) is 9.47 Å². The number of halogens is 1. The second kappa shape index (κ2) is 9.80. The Balaban J connectivity index is 1.40. The van der Waals surface area contributed by atoms with Gasteiger partial charge in [-0.05, 0) is 49.6 Å². The average Bonchev–Trinajstić information content (AvgIpc) is 3.34. The largest absolute Gasteiger partial charge is 0.485 e. The molecule has 32 heavy (non-hydrogen) atoms. The molecule has 0 saturated carbocycles. The minimum absolute atomic E-state index is 0.0803. The van der Waals surface area contributed by atoms with Crippen molar-refractivity contribution in [2.75, 3.05) is 37.7 Å². The van der Waals surface area contributed by atoms with Crippen LogP contribution in [-0.2, 0) is 9.59 Å². The van der Waals surface area contributed by atoms with E-state index in [0.717, 1.165) is 25.9 Å². The van der Waals surface area contributed by atoms with Gasteiger partial charge in [0, 0.05) is 37.7 Å². The van der Waals surface area contributed by atoms with Crippen molar-refractivity contribution in [3.05, 3.63) is 53.8 Å². The summed E-state index contributed by atoms with van der Waals surface area (Å²) >= 11 is 0. The molecular weight excluding hydrogens is 415 g/mol. The number of rotatable bonds is 8. The number of benzene rings is 2. The molecule has 0 unspecified atom stereocenters. The van der Waals surface area contributed by atoms with Gasteiger partial charge in [-0.1, -0.05) is 6.07 Å². The molecule has 2 aromatic carbocycles. The first-order valence-electron chi connectivity index (χ1n) is 10.8. The number of ketones is 1. The number of likely N-dealkylation sites (tertiary alicyclic amines) is 1. The zero-order valence-corrected chi connectivity index (χ0v) is 17.7. The predicted molar refractivity (Wildman–Crippen MR) is 116 cm³/mol. The molecule has 0 bridgehead atoms. The lowest BCUT2D eigenvalue weighted by atomic mass is 10.1. The molecule has 7 nitrogen and oxygen atoms in total. The molecule has 8 heteroatoms. The highest BCUT2D eigenvalue weighted by atomic mass is 19.1. The topological polar surface area (TPSA) is 76.2 Å². The summed E-state index contributed by atoms with van der Waals surface area (Å²) < 4.78 is 24.2. The van der Waals surface area contributed by atoms with E-state index in [2.05, 4.69) is 0 Å². The number of amides is 2. The molecule has 0 N–H and O–H groups in total. The Kier molecular flexibility index (Phi) is 6.68. The van der Waals surface area contributed by atoms with Crippen molar-refractivity contribution in [1.82, 2.24) is 4.90 Å². The molecule has 2 aliphatic rings. The predicted octanol–water partition coefficient (Wildman–Crippen LogP) is 3.22. The summed E-state index contributed by atoms with van der Waals surface area (Å²) in [6, 6.07) is 10.4. The van der Waals surface area contributed by atoms with Crippen LogP contribution in [0.15, 0.2) is 42.5 Å². The highest BCUT2D eigenvalue weighted by molar-refractivity contribution is 6.02. The maximum Gasteiger partial charge on any atom is 0.265 e. The number of nitrogens with zero attached hydrogens (tertiary/aromatic N) is 2. The van der Waals surface area contributed by atoms with Crippen molar-refractivity contribution in [1.29, 1.82) is 0 Å². The molecule has 0 aliphatic carbocycles. The molecule has 2 amide bonds. The number of hydrogen-bond acceptors (Lipinski definition) is 5. The number of carbonyl (C=O) groups is 3. The third-order valence-electron chi connectivity index (χ3n) is 5.62. The van der Waals surface area contributed by atoms with Gasteiger partial charge in [-0.3, -0.25) is 14.4 Å². The fourth-order valence-corrected chi connectivity index (χ4v) is 3.92. The van der Waals surface area contributed by atoms with E-state index < -0.39 is 5.82 Å². The van der Waals surface area contributed by atoms with Crippen LogP contribution in [-0.4, -0.2) is 55.3 Å². The molecular formula is C24H25FN2O5. The molecule has 4 rings (SSSR count). The lowest BCUT2D eigenvalue weighted by Gasteiger charge is -2.30. The van der Waals surface area contributed by atoms with E-state index in [0.29, 0.717) is 36.4 Å². The van der Waals surface area contributed by atoms with E-state index in [1.165, 1.54) is 18.2 Å². The van der Waals surface area contributed by atoms with Gasteiger partial charge >= 0.3 is 0 Å². The highest BCUT2D eigenvalue weighted by Crippen LogP contribution is 2.33. The van der Waals surface area contributed by atoms with Gasteiger partial charge in [0.05, 0.1) is 5.69 Å². The van der Waals surface area contributed by atoms with Crippen LogP contribution >= 0.6 is 0 Å². The third-order valence-corrected chi connectivity index (χ3v) is 5.62. The molecule has 0 atom stereocenters. The summed E-state index contributed by atoms with van der Waals surface area (Å²) in [6.07, 6.45) is 2.99. The summed E-state index contributed by atoms with van der Waals surface area (Å²) in [6.45, 7) is 1.64. The molecule has 0 radical (unpaired) electrons. The van der Waals surface area contributed by atoms with Gasteiger partial charge in [-0.25, -0.2) is 4.39 Å². The van der Waals surface area contributed by atoms with Crippen LogP contribution in [0.25, 0.3) is 0 Å². The zero-order valence-electron chi connectivity index (χ0n) is 17.7. The summed E-state index contributed by atoms with van der Waals surface area (Å²) in [5, 5.41) is 0. The van der Waals surface area contributed by atoms with E-state index in [-0.39, 0.29) is 36.6 Å². The summed E-state index contributed by atoms with van der Waals surface area (Å²) in [5.74, 6) is -0.0803. The van der Waals surface area contributed by atoms with Crippen LogP contribution in [0, 0.1) is 5.82 Å². The van der Waals surface area contributed by atoms with Crippen LogP contribution in [0.4, 0.5) is 10.1 Å². The Hall–Kier alpha value is -3.42. The van der Waals surface area contributed by atoms with Crippen LogP contribution in [0.3, 0.4) is 0 Å². The minimum atomic E-state index is -0.446. The van der Waals surface area contributed by atoms with Crippen molar-refractivity contribution in [3.63, 3.8) is 0 Å². The maximum atomic E-state index is 13.3. The first-order valence-corrected chi connectivity index (χ1v) is 10.8. The minimum Gasteiger partial charge on any atom is -0.485 e. The van der Waals surface area contributed by atoms with Gasteiger partial charge in [0.15, 0.2) is 19.0 Å². The molecule has 168 valence electrons. The molecule has 2 aromatic rings. The van der Waals surface area contributed by atoms with E-state index >= 15 is 0 Å². The normalized spacial score (nSPS) is 15.3. The first-order chi connectivity index (χ1) is 15.5. The van der Waals surface area contributed by atoms with E-state index in [1.807, 2.05) is 4.90 Å². The molecule has 0 aromatic heterocycles. The van der Waals surface area contributed by atoms with Gasteiger partial charge in [-0.2, -0.15) is 0 Å². The van der Waals surface area contributed by atoms with Crippen molar-refractivity contribution in [2.24, 2.45) is 0 Å². The summed E-state index contributed by atoms with van der Waals surface area (Å²) in [4.78, 5) is 40.8. The number of carbonyl (C=O) groups excluding carboxylic acids is 3. The van der Waals surface area contributed by atoms with Crippen molar-refractivity contribution < 1.29 is 28.2 Å². The summed E-state index contributed by atoms with van der Waals surface area (Å²) in [7, 11) is 0. The van der Waals surface area contributed by atoms with Crippen LogP contribution < -0.4 is 14.4 Å². The average molecular weight is 440 g/mol. The quantitative estimate of drug-likeness (QED) is 0.589. The first kappa shape index (κ1) is 21.8. The van der Waals surface area contributed by atoms with Gasteiger partial charge < -0.3 is 19.3 Å². The van der Waals surface area contributed by atoms with Gasteiger partial charge in [0.25, 0.3) is 5.91 Å². The zero-order chi connectivity index (χ0) is 22.5. The Morgan fingerprint density at radius 3 is 2.69 bits per heavy atom. The van der Waals surface area contributed by atoms with E-state index in [9.17, 15) is 18.8 Å². The second-order valence-electron chi connectivity index (χ2n) is 7.88. The molecule has 2 heterocycles. The molecule has 1 saturated heterocycles. The van der Waals surface area contributed by atoms with Crippen LogP contribution in [0.1, 0.15) is 36.0 Å². The molecule has 1 fully saturated rings. The smallest absolute Gasteiger partial charge is 0.265 e. The second-order valence-corrected chi connectivity index (χ2v) is 7.88. The Morgan fingerprint density at radius 1 is 1.09 bits per heavy atom.